The summed E-state index contributed by atoms with van der Waals surface area (Å²) < 4.78 is 2.22. The van der Waals surface area contributed by atoms with Crippen molar-refractivity contribution in [2.75, 3.05) is 0 Å². The molecule has 5 heteroatoms. The zero-order chi connectivity index (χ0) is 18.1. The Morgan fingerprint density at radius 2 is 1.09 bits per heavy atom. The van der Waals surface area contributed by atoms with Gasteiger partial charge in [0.05, 0.1) is 22.2 Å². The Balaban J connectivity index is 6.87. The molecule has 0 saturated carbocycles. The van der Waals surface area contributed by atoms with Gasteiger partial charge in [0.2, 0.25) is 4.91 Å². The van der Waals surface area contributed by atoms with Gasteiger partial charge in [-0.2, -0.15) is 0 Å². The highest BCUT2D eigenvalue weighted by Crippen LogP contribution is 2.29. The summed E-state index contributed by atoms with van der Waals surface area (Å²) in [6, 6.07) is 0. The van der Waals surface area contributed by atoms with E-state index in [1.165, 1.54) is 0 Å². The second kappa shape index (κ2) is 6.11. The molecule has 0 spiro atoms. The van der Waals surface area contributed by atoms with E-state index in [1.54, 1.807) is 0 Å². The average molecular weight is 311 g/mol. The van der Waals surface area contributed by atoms with E-state index in [4.69, 9.17) is 0 Å². The van der Waals surface area contributed by atoms with E-state index < -0.39 is 0 Å². The van der Waals surface area contributed by atoms with Crippen molar-refractivity contribution in [1.82, 2.24) is 4.90 Å². The Labute approximate surface area is 137 Å². The zero-order valence-electron chi connectivity index (χ0n) is 16.7. The lowest BCUT2D eigenvalue weighted by Gasteiger charge is -2.43. The maximum Gasteiger partial charge on any atom is 0.478 e. The number of azide groups is 1. The summed E-state index contributed by atoms with van der Waals surface area (Å²) in [6.45, 7) is 25.8. The second-order valence-electron chi connectivity index (χ2n) is 9.84. The lowest BCUT2D eigenvalue weighted by molar-refractivity contribution is -0.661. The summed E-state index contributed by atoms with van der Waals surface area (Å²) in [6.07, 6.45) is 0. The van der Waals surface area contributed by atoms with Gasteiger partial charge >= 0.3 is 11.1 Å². The fraction of sp³-hybridized carbons (Fsp3) is 0.941. The van der Waals surface area contributed by atoms with Crippen molar-refractivity contribution in [3.63, 3.8) is 0 Å². The second-order valence-corrected chi connectivity index (χ2v) is 9.84. The van der Waals surface area contributed by atoms with E-state index in [0.717, 1.165) is 0 Å². The predicted molar refractivity (Wildman–Crippen MR) is 95.3 cm³/mol. The van der Waals surface area contributed by atoms with Crippen LogP contribution in [0, 0.1) is 0 Å². The molecule has 0 aliphatic carbocycles. The number of rotatable bonds is 0. The summed E-state index contributed by atoms with van der Waals surface area (Å²) in [5.41, 5.74) is 8.50. The van der Waals surface area contributed by atoms with Gasteiger partial charge in [0.1, 0.15) is 0 Å². The van der Waals surface area contributed by atoms with Gasteiger partial charge in [0.15, 0.2) is 0 Å². The highest BCUT2D eigenvalue weighted by atomic mass is 15.4. The van der Waals surface area contributed by atoms with E-state index in [1.807, 2.05) is 0 Å². The summed E-state index contributed by atoms with van der Waals surface area (Å²) in [5, 5.41) is 4.14. The van der Waals surface area contributed by atoms with Crippen molar-refractivity contribution in [2.45, 2.75) is 105 Å². The van der Waals surface area contributed by atoms with E-state index in [-0.39, 0.29) is 22.2 Å². The lowest BCUT2D eigenvalue weighted by Crippen LogP contribution is -2.61. The SMILES string of the molecule is CC(C)(C)N(C(N=[N+]=[N-])=[N+](C(C)(C)C)C(C)(C)C)C(C)(C)C. The molecule has 0 rings (SSSR count). The summed E-state index contributed by atoms with van der Waals surface area (Å²) in [7, 11) is 0. The molecule has 0 saturated heterocycles. The van der Waals surface area contributed by atoms with Gasteiger partial charge in [-0.05, 0) is 83.1 Å². The third-order valence-electron chi connectivity index (χ3n) is 3.22. The highest BCUT2D eigenvalue weighted by Gasteiger charge is 2.48. The molecule has 0 bridgehead atoms. The Hall–Kier alpha value is -1.22. The molecule has 0 atom stereocenters. The number of hydrogen-bond donors (Lipinski definition) is 0. The Kier molecular flexibility index (Phi) is 5.77. The van der Waals surface area contributed by atoms with Crippen LogP contribution in [0.25, 0.3) is 10.4 Å². The van der Waals surface area contributed by atoms with Crippen LogP contribution in [0.1, 0.15) is 83.1 Å². The molecular weight excluding hydrogens is 274 g/mol. The van der Waals surface area contributed by atoms with Crippen LogP contribution < -0.4 is 0 Å². The zero-order valence-corrected chi connectivity index (χ0v) is 16.7. The van der Waals surface area contributed by atoms with Gasteiger partial charge in [-0.15, -0.1) is 0 Å². The highest BCUT2D eigenvalue weighted by molar-refractivity contribution is 5.78. The van der Waals surface area contributed by atoms with Crippen LogP contribution in [0.4, 0.5) is 0 Å². The van der Waals surface area contributed by atoms with Gasteiger partial charge in [-0.1, -0.05) is 0 Å². The number of nitrogens with zero attached hydrogens (tertiary/aromatic N) is 5. The smallest absolute Gasteiger partial charge is 0.247 e. The molecule has 0 heterocycles. The van der Waals surface area contributed by atoms with Crippen molar-refractivity contribution in [3.8, 4) is 0 Å². The monoisotopic (exact) mass is 310 g/mol. The van der Waals surface area contributed by atoms with Crippen LogP contribution in [0.15, 0.2) is 5.11 Å². The molecular formula is C17H36N5+. The molecule has 0 amide bonds. The molecule has 0 fully saturated rings. The van der Waals surface area contributed by atoms with Crippen LogP contribution in [-0.2, 0) is 0 Å². The maximum absolute atomic E-state index is 9.18. The van der Waals surface area contributed by atoms with E-state index >= 15 is 0 Å². The molecule has 0 aliphatic rings. The Morgan fingerprint density at radius 3 is 1.27 bits per heavy atom. The number of hydrogen-bond acceptors (Lipinski definition) is 0. The third kappa shape index (κ3) is 5.20. The first kappa shape index (κ1) is 20.8. The van der Waals surface area contributed by atoms with E-state index in [2.05, 4.69) is 103 Å². The van der Waals surface area contributed by atoms with Crippen molar-refractivity contribution in [3.05, 3.63) is 10.4 Å². The van der Waals surface area contributed by atoms with Gasteiger partial charge in [0.25, 0.3) is 0 Å². The van der Waals surface area contributed by atoms with Crippen LogP contribution in [-0.4, -0.2) is 37.6 Å². The van der Waals surface area contributed by atoms with Crippen LogP contribution in [0.5, 0.6) is 0 Å². The first-order chi connectivity index (χ1) is 9.44. The molecule has 0 N–H and O–H groups in total. The van der Waals surface area contributed by atoms with Crippen LogP contribution >= 0.6 is 0 Å². The fourth-order valence-electron chi connectivity index (χ4n) is 3.44. The van der Waals surface area contributed by atoms with Gasteiger partial charge in [-0.3, -0.25) is 0 Å². The van der Waals surface area contributed by atoms with E-state index in [0.29, 0.717) is 5.96 Å². The Bertz CT molecular complexity index is 439. The van der Waals surface area contributed by atoms with Crippen molar-refractivity contribution in [1.29, 1.82) is 0 Å². The van der Waals surface area contributed by atoms with Crippen LogP contribution in [0.2, 0.25) is 0 Å². The molecule has 0 aromatic heterocycles. The van der Waals surface area contributed by atoms with Gasteiger partial charge in [-0.25, -0.2) is 9.48 Å². The van der Waals surface area contributed by atoms with Crippen molar-refractivity contribution < 1.29 is 4.58 Å². The molecule has 0 aromatic rings. The van der Waals surface area contributed by atoms with Gasteiger partial charge in [0, 0.05) is 5.53 Å². The first-order valence-electron chi connectivity index (χ1n) is 7.97. The summed E-state index contributed by atoms with van der Waals surface area (Å²) in [5.74, 6) is 0.683. The molecule has 0 aliphatic heterocycles. The van der Waals surface area contributed by atoms with Crippen LogP contribution in [0.3, 0.4) is 0 Å². The fourth-order valence-corrected chi connectivity index (χ4v) is 3.44. The lowest BCUT2D eigenvalue weighted by atomic mass is 9.94. The summed E-state index contributed by atoms with van der Waals surface area (Å²) in [4.78, 5) is 5.35. The van der Waals surface area contributed by atoms with Gasteiger partial charge < -0.3 is 0 Å². The molecule has 22 heavy (non-hydrogen) atoms. The quantitative estimate of drug-likeness (QED) is 0.152. The minimum Gasteiger partial charge on any atom is -0.247 e. The first-order valence-corrected chi connectivity index (χ1v) is 7.97. The third-order valence-corrected chi connectivity index (χ3v) is 3.22. The minimum absolute atomic E-state index is 0.170. The predicted octanol–water partition coefficient (Wildman–Crippen LogP) is 5.16. The summed E-state index contributed by atoms with van der Waals surface area (Å²) >= 11 is 0. The number of guanidine groups is 1. The van der Waals surface area contributed by atoms with Crippen molar-refractivity contribution in [2.24, 2.45) is 5.11 Å². The Morgan fingerprint density at radius 1 is 0.773 bits per heavy atom. The molecule has 128 valence electrons. The normalized spacial score (nSPS) is 13.5. The largest absolute Gasteiger partial charge is 0.478 e. The molecule has 0 radical (unpaired) electrons. The van der Waals surface area contributed by atoms with Crippen molar-refractivity contribution >= 4 is 5.96 Å². The maximum atomic E-state index is 9.18. The van der Waals surface area contributed by atoms with E-state index in [9.17, 15) is 5.53 Å². The minimum atomic E-state index is -0.170. The topological polar surface area (TPSA) is 55.0 Å². The molecule has 5 nitrogen and oxygen atoms in total. The average Bonchev–Trinajstić information content (AvgIpc) is 2.06. The molecule has 0 unspecified atom stereocenters. The standard InChI is InChI=1S/C17H36N5/c1-14(2,3)21(15(4,5)6)13(19-20-18)22(16(7,8)9)17(10,11)12/h1-12H3/q+1. The molecule has 0 aromatic carbocycles.